The van der Waals surface area contributed by atoms with E-state index in [9.17, 15) is 5.26 Å². The summed E-state index contributed by atoms with van der Waals surface area (Å²) < 4.78 is 5.74. The Bertz CT molecular complexity index is 491. The van der Waals surface area contributed by atoms with Gasteiger partial charge in [-0.1, -0.05) is 24.3 Å². The molecule has 0 N–H and O–H groups in total. The molecular formula is C14H14N2O. The normalized spacial score (nSPS) is 30.2. The Morgan fingerprint density at radius 2 is 2.35 bits per heavy atom. The standard InChI is InChI=1S/C14H14N2O/c1-2-7-16-11(8-15)14-10-5-3-4-6-13(10)17-9-12(14)16/h2-6,11-12,14H,1,7,9H2/t11-,12+,14+/m0/s1. The van der Waals surface area contributed by atoms with Gasteiger partial charge in [-0.05, 0) is 6.07 Å². The minimum atomic E-state index is -0.0388. The largest absolute Gasteiger partial charge is 0.492 e. The third-order valence-electron chi connectivity index (χ3n) is 3.70. The van der Waals surface area contributed by atoms with Gasteiger partial charge in [0.1, 0.15) is 18.4 Å². The van der Waals surface area contributed by atoms with E-state index in [0.29, 0.717) is 18.6 Å². The van der Waals surface area contributed by atoms with Crippen molar-refractivity contribution in [1.29, 1.82) is 5.26 Å². The van der Waals surface area contributed by atoms with E-state index in [1.54, 1.807) is 0 Å². The van der Waals surface area contributed by atoms with E-state index in [-0.39, 0.29) is 6.04 Å². The maximum atomic E-state index is 9.28. The number of fused-ring (bicyclic) bond motifs is 3. The van der Waals surface area contributed by atoms with Gasteiger partial charge in [0.2, 0.25) is 0 Å². The molecule has 2 aliphatic heterocycles. The van der Waals surface area contributed by atoms with Crippen molar-refractivity contribution in [1.82, 2.24) is 4.90 Å². The summed E-state index contributed by atoms with van der Waals surface area (Å²) in [7, 11) is 0. The second-order valence-electron chi connectivity index (χ2n) is 4.50. The fraction of sp³-hybridized carbons (Fsp3) is 0.357. The van der Waals surface area contributed by atoms with Gasteiger partial charge in [0, 0.05) is 18.0 Å². The first-order valence-electron chi connectivity index (χ1n) is 5.85. The van der Waals surface area contributed by atoms with Crippen LogP contribution >= 0.6 is 0 Å². The highest BCUT2D eigenvalue weighted by Crippen LogP contribution is 2.46. The second-order valence-corrected chi connectivity index (χ2v) is 4.50. The topological polar surface area (TPSA) is 36.3 Å². The van der Waals surface area contributed by atoms with Crippen molar-refractivity contribution in [3.05, 3.63) is 42.5 Å². The lowest BCUT2D eigenvalue weighted by molar-refractivity contribution is -0.0160. The number of para-hydroxylation sites is 1. The maximum absolute atomic E-state index is 9.28. The van der Waals surface area contributed by atoms with Crippen molar-refractivity contribution in [3.63, 3.8) is 0 Å². The summed E-state index contributed by atoms with van der Waals surface area (Å²) in [5.74, 6) is 1.23. The summed E-state index contributed by atoms with van der Waals surface area (Å²) in [6.07, 6.45) is 1.85. The van der Waals surface area contributed by atoms with Gasteiger partial charge in [0.15, 0.2) is 0 Å². The summed E-state index contributed by atoms with van der Waals surface area (Å²) in [6, 6.07) is 10.7. The van der Waals surface area contributed by atoms with Crippen LogP contribution in [0.2, 0.25) is 0 Å². The maximum Gasteiger partial charge on any atom is 0.123 e. The first kappa shape index (κ1) is 10.4. The van der Waals surface area contributed by atoms with Crippen LogP contribution < -0.4 is 4.74 Å². The van der Waals surface area contributed by atoms with Crippen LogP contribution in [0.25, 0.3) is 0 Å². The highest BCUT2D eigenvalue weighted by atomic mass is 16.5. The van der Waals surface area contributed by atoms with Crippen molar-refractivity contribution in [2.75, 3.05) is 13.2 Å². The van der Waals surface area contributed by atoms with Crippen molar-refractivity contribution >= 4 is 0 Å². The molecule has 1 fully saturated rings. The number of hydrogen-bond acceptors (Lipinski definition) is 3. The fourth-order valence-corrected chi connectivity index (χ4v) is 2.92. The van der Waals surface area contributed by atoms with E-state index in [1.165, 1.54) is 5.56 Å². The number of nitriles is 1. The molecule has 3 nitrogen and oxygen atoms in total. The Kier molecular flexibility index (Phi) is 2.38. The number of hydrogen-bond donors (Lipinski definition) is 0. The van der Waals surface area contributed by atoms with Crippen LogP contribution in [-0.2, 0) is 0 Å². The minimum Gasteiger partial charge on any atom is -0.492 e. The summed E-state index contributed by atoms with van der Waals surface area (Å²) in [5.41, 5.74) is 1.18. The number of ether oxygens (including phenoxy) is 1. The molecule has 0 bridgehead atoms. The Morgan fingerprint density at radius 1 is 1.53 bits per heavy atom. The Morgan fingerprint density at radius 3 is 3.12 bits per heavy atom. The average molecular weight is 226 g/mol. The van der Waals surface area contributed by atoms with Crippen LogP contribution in [0.15, 0.2) is 36.9 Å². The zero-order chi connectivity index (χ0) is 11.8. The Hall–Kier alpha value is -1.79. The zero-order valence-electron chi connectivity index (χ0n) is 9.54. The van der Waals surface area contributed by atoms with Crippen molar-refractivity contribution in [2.45, 2.75) is 18.0 Å². The number of benzene rings is 1. The molecule has 3 atom stereocenters. The van der Waals surface area contributed by atoms with Crippen LogP contribution in [0.1, 0.15) is 11.5 Å². The van der Waals surface area contributed by atoms with Gasteiger partial charge >= 0.3 is 0 Å². The first-order valence-corrected chi connectivity index (χ1v) is 5.85. The summed E-state index contributed by atoms with van der Waals surface area (Å²) in [5, 5.41) is 9.28. The van der Waals surface area contributed by atoms with Crippen LogP contribution in [0, 0.1) is 11.3 Å². The molecular weight excluding hydrogens is 212 g/mol. The molecule has 0 amide bonds. The highest BCUT2D eigenvalue weighted by molar-refractivity contribution is 5.44. The minimum absolute atomic E-state index is 0.0388. The van der Waals surface area contributed by atoms with Gasteiger partial charge in [-0.25, -0.2) is 0 Å². The van der Waals surface area contributed by atoms with Crippen LogP contribution in [0.5, 0.6) is 5.75 Å². The zero-order valence-corrected chi connectivity index (χ0v) is 9.54. The number of likely N-dealkylation sites (tertiary alicyclic amines) is 1. The molecule has 1 saturated heterocycles. The summed E-state index contributed by atoms with van der Waals surface area (Å²) in [6.45, 7) is 5.17. The molecule has 2 heterocycles. The van der Waals surface area contributed by atoms with Gasteiger partial charge in [0.05, 0.1) is 12.1 Å². The third kappa shape index (κ3) is 1.38. The average Bonchev–Trinajstić information content (AvgIpc) is 2.36. The highest BCUT2D eigenvalue weighted by Gasteiger charge is 2.51. The van der Waals surface area contributed by atoms with E-state index in [0.717, 1.165) is 12.3 Å². The van der Waals surface area contributed by atoms with Crippen LogP contribution in [-0.4, -0.2) is 30.1 Å². The number of rotatable bonds is 2. The summed E-state index contributed by atoms with van der Waals surface area (Å²) in [4.78, 5) is 2.16. The molecule has 17 heavy (non-hydrogen) atoms. The molecule has 3 heteroatoms. The number of nitrogens with zero attached hydrogens (tertiary/aromatic N) is 2. The smallest absolute Gasteiger partial charge is 0.123 e. The molecule has 0 saturated carbocycles. The molecule has 0 spiro atoms. The summed E-state index contributed by atoms with van der Waals surface area (Å²) >= 11 is 0. The van der Waals surface area contributed by atoms with E-state index in [1.807, 2.05) is 24.3 Å². The van der Waals surface area contributed by atoms with Gasteiger partial charge < -0.3 is 4.74 Å². The fourth-order valence-electron chi connectivity index (χ4n) is 2.92. The predicted octanol–water partition coefficient (Wildman–Crippen LogP) is 1.92. The Labute approximate surface area is 101 Å². The van der Waals surface area contributed by atoms with Crippen LogP contribution in [0.3, 0.4) is 0 Å². The van der Waals surface area contributed by atoms with Crippen LogP contribution in [0.4, 0.5) is 0 Å². The molecule has 2 aliphatic rings. The molecule has 0 unspecified atom stereocenters. The van der Waals surface area contributed by atoms with E-state index in [4.69, 9.17) is 4.74 Å². The SMILES string of the molecule is C=CCN1[C@@H]2COc3ccccc3[C@@H]2[C@@H]1C#N. The lowest BCUT2D eigenvalue weighted by Crippen LogP contribution is -2.65. The van der Waals surface area contributed by atoms with Crippen molar-refractivity contribution in [3.8, 4) is 11.8 Å². The van der Waals surface area contributed by atoms with E-state index >= 15 is 0 Å². The monoisotopic (exact) mass is 226 g/mol. The van der Waals surface area contributed by atoms with E-state index < -0.39 is 0 Å². The van der Waals surface area contributed by atoms with Gasteiger partial charge in [-0.15, -0.1) is 6.58 Å². The second kappa shape index (κ2) is 3.90. The van der Waals surface area contributed by atoms with Gasteiger partial charge in [0.25, 0.3) is 0 Å². The molecule has 1 aromatic rings. The van der Waals surface area contributed by atoms with Crippen molar-refractivity contribution < 1.29 is 4.74 Å². The molecule has 0 aliphatic carbocycles. The predicted molar refractivity (Wildman–Crippen MR) is 64.8 cm³/mol. The first-order chi connectivity index (χ1) is 8.36. The third-order valence-corrected chi connectivity index (χ3v) is 3.70. The lowest BCUT2D eigenvalue weighted by atomic mass is 9.74. The molecule has 86 valence electrons. The van der Waals surface area contributed by atoms with Gasteiger partial charge in [-0.2, -0.15) is 5.26 Å². The van der Waals surface area contributed by atoms with Crippen molar-refractivity contribution in [2.24, 2.45) is 0 Å². The lowest BCUT2D eigenvalue weighted by Gasteiger charge is -2.54. The molecule has 0 radical (unpaired) electrons. The Balaban J connectivity index is 1.95. The molecule has 1 aromatic carbocycles. The van der Waals surface area contributed by atoms with E-state index in [2.05, 4.69) is 23.6 Å². The molecule has 3 rings (SSSR count). The van der Waals surface area contributed by atoms with Gasteiger partial charge in [-0.3, -0.25) is 4.90 Å². The molecule has 0 aromatic heterocycles. The quantitative estimate of drug-likeness (QED) is 0.723.